The summed E-state index contributed by atoms with van der Waals surface area (Å²) in [5.41, 5.74) is 2.76. The number of aromatic nitrogens is 3. The summed E-state index contributed by atoms with van der Waals surface area (Å²) in [7, 11) is 0. The number of fused-ring (bicyclic) bond motifs is 1. The molecule has 3 heterocycles. The van der Waals surface area contributed by atoms with Gasteiger partial charge in [0.15, 0.2) is 0 Å². The van der Waals surface area contributed by atoms with Crippen molar-refractivity contribution >= 4 is 34.9 Å². The van der Waals surface area contributed by atoms with E-state index in [9.17, 15) is 19.2 Å². The lowest BCUT2D eigenvalue weighted by Crippen LogP contribution is -2.50. The molecule has 0 bridgehead atoms. The standard InChI is InChI=1S/C48H62N8O6/c1-47(2,3)62-43(57)39(22-14-15-25-49-46(60)61-32-34-18-10-7-11-19-34)53-44(58)48(4,5)41-30-51-42(55-41)40(28-35-29-50-38-21-13-12-20-37(35)38)54-45(59)52-36-23-26-56(27-24-36)31-33-16-8-6-9-17-33/h6-13,16-21,29-30,36,39-40,50H,14-15,22-28,31-32H2,1-5H3,(H,49,60)(H,51,55)(H,53,58)(H2,52,54,59)/t39-,40-/m1/s1. The Hall–Kier alpha value is -6.15. The molecule has 330 valence electrons. The maximum Gasteiger partial charge on any atom is 0.407 e. The summed E-state index contributed by atoms with van der Waals surface area (Å²) in [6.45, 7) is 12.0. The first-order valence-electron chi connectivity index (χ1n) is 21.7. The van der Waals surface area contributed by atoms with E-state index in [2.05, 4.69) is 60.4 Å². The number of aromatic amines is 2. The molecule has 2 atom stereocenters. The van der Waals surface area contributed by atoms with Crippen LogP contribution in [-0.4, -0.2) is 81.2 Å². The fourth-order valence-corrected chi connectivity index (χ4v) is 7.55. The first-order valence-corrected chi connectivity index (χ1v) is 21.7. The zero-order valence-electron chi connectivity index (χ0n) is 36.6. The molecule has 1 fully saturated rings. The molecule has 1 aliphatic rings. The van der Waals surface area contributed by atoms with Crippen LogP contribution in [0.25, 0.3) is 10.9 Å². The summed E-state index contributed by atoms with van der Waals surface area (Å²) in [5, 5.41) is 13.1. The lowest BCUT2D eigenvalue weighted by molar-refractivity contribution is -0.159. The van der Waals surface area contributed by atoms with Crippen LogP contribution in [0.5, 0.6) is 0 Å². The van der Waals surface area contributed by atoms with Gasteiger partial charge in [-0.05, 0) is 89.5 Å². The van der Waals surface area contributed by atoms with E-state index in [4.69, 9.17) is 14.5 Å². The number of likely N-dealkylation sites (tertiary alicyclic amines) is 1. The van der Waals surface area contributed by atoms with E-state index >= 15 is 0 Å². The number of hydrogen-bond donors (Lipinski definition) is 6. The van der Waals surface area contributed by atoms with Gasteiger partial charge in [-0.2, -0.15) is 0 Å². The van der Waals surface area contributed by atoms with E-state index in [0.717, 1.165) is 54.5 Å². The van der Waals surface area contributed by atoms with Gasteiger partial charge >= 0.3 is 18.1 Å². The molecule has 0 unspecified atom stereocenters. The van der Waals surface area contributed by atoms with E-state index in [1.54, 1.807) is 40.8 Å². The molecule has 1 saturated heterocycles. The molecule has 6 rings (SSSR count). The predicted molar refractivity (Wildman–Crippen MR) is 239 cm³/mol. The zero-order valence-corrected chi connectivity index (χ0v) is 36.6. The molecule has 0 radical (unpaired) electrons. The van der Waals surface area contributed by atoms with Crippen molar-refractivity contribution < 1.29 is 28.7 Å². The molecule has 62 heavy (non-hydrogen) atoms. The van der Waals surface area contributed by atoms with Crippen LogP contribution in [0.2, 0.25) is 0 Å². The highest BCUT2D eigenvalue weighted by Gasteiger charge is 2.36. The minimum atomic E-state index is -1.16. The highest BCUT2D eigenvalue weighted by Crippen LogP contribution is 2.28. The van der Waals surface area contributed by atoms with Crippen LogP contribution < -0.4 is 21.3 Å². The number of para-hydroxylation sites is 1. The second-order valence-electron chi connectivity index (χ2n) is 17.6. The lowest BCUT2D eigenvalue weighted by Gasteiger charge is -2.32. The van der Waals surface area contributed by atoms with Crippen molar-refractivity contribution in [1.82, 2.24) is 41.1 Å². The molecule has 14 nitrogen and oxygen atoms in total. The Kier molecular flexibility index (Phi) is 15.4. The average Bonchev–Trinajstić information content (AvgIpc) is 3.92. The molecule has 3 aromatic carbocycles. The third-order valence-corrected chi connectivity index (χ3v) is 11.1. The second-order valence-corrected chi connectivity index (χ2v) is 17.6. The Morgan fingerprint density at radius 1 is 0.855 bits per heavy atom. The fraction of sp³-hybridized carbons (Fsp3) is 0.438. The van der Waals surface area contributed by atoms with Gasteiger partial charge in [0.2, 0.25) is 5.91 Å². The first kappa shape index (κ1) is 45.4. The van der Waals surface area contributed by atoms with Gasteiger partial charge in [0.05, 0.1) is 11.5 Å². The van der Waals surface area contributed by atoms with Gasteiger partial charge < -0.3 is 40.7 Å². The summed E-state index contributed by atoms with van der Waals surface area (Å²) in [5.74, 6) is -0.445. The molecule has 5 aromatic rings. The molecule has 4 amide bonds. The van der Waals surface area contributed by atoms with Crippen LogP contribution in [0.15, 0.2) is 97.3 Å². The number of piperidine rings is 1. The van der Waals surface area contributed by atoms with Crippen LogP contribution in [0, 0.1) is 0 Å². The number of unbranched alkanes of at least 4 members (excludes halogenated alkanes) is 1. The van der Waals surface area contributed by atoms with Crippen molar-refractivity contribution in [1.29, 1.82) is 0 Å². The summed E-state index contributed by atoms with van der Waals surface area (Å²) in [6, 6.07) is 26.1. The number of amides is 4. The van der Waals surface area contributed by atoms with E-state index < -0.39 is 41.1 Å². The number of ether oxygens (including phenoxy) is 2. The largest absolute Gasteiger partial charge is 0.458 e. The number of urea groups is 1. The number of benzene rings is 3. The number of nitrogens with one attached hydrogen (secondary N) is 6. The van der Waals surface area contributed by atoms with E-state index in [1.807, 2.05) is 66.9 Å². The third-order valence-electron chi connectivity index (χ3n) is 11.1. The van der Waals surface area contributed by atoms with Crippen molar-refractivity contribution in [3.05, 3.63) is 126 Å². The quantitative estimate of drug-likeness (QED) is 0.0391. The van der Waals surface area contributed by atoms with Gasteiger partial charge in [0.25, 0.3) is 0 Å². The normalized spacial score (nSPS) is 14.7. The molecule has 0 saturated carbocycles. The number of hydrogen-bond acceptors (Lipinski definition) is 8. The minimum Gasteiger partial charge on any atom is -0.458 e. The number of imidazole rings is 1. The SMILES string of the molecule is CC(C)(C)OC(=O)[C@@H](CCCCNC(=O)OCc1ccccc1)NC(=O)C(C)(C)c1cnc([C@@H](Cc2c[nH]c3ccccc23)NC(=O)NC2CCN(Cc3ccccc3)CC2)[nH]1. The summed E-state index contributed by atoms with van der Waals surface area (Å²) >= 11 is 0. The third kappa shape index (κ3) is 13.2. The molecule has 2 aromatic heterocycles. The van der Waals surface area contributed by atoms with Gasteiger partial charge in [-0.15, -0.1) is 0 Å². The van der Waals surface area contributed by atoms with Gasteiger partial charge in [-0.1, -0.05) is 78.9 Å². The Morgan fingerprint density at radius 3 is 2.24 bits per heavy atom. The molecule has 0 spiro atoms. The Balaban J connectivity index is 1.08. The summed E-state index contributed by atoms with van der Waals surface area (Å²) in [6.07, 6.45) is 6.52. The van der Waals surface area contributed by atoms with Gasteiger partial charge in [-0.25, -0.2) is 19.4 Å². The minimum absolute atomic E-state index is 0.0289. The molecular formula is C48H62N8O6. The van der Waals surface area contributed by atoms with Gasteiger partial charge in [0.1, 0.15) is 24.1 Å². The second kappa shape index (κ2) is 21.1. The number of carbonyl (C=O) groups is 4. The first-order chi connectivity index (χ1) is 29.7. The van der Waals surface area contributed by atoms with Crippen LogP contribution in [0.3, 0.4) is 0 Å². The maximum absolute atomic E-state index is 14.1. The molecule has 0 aliphatic carbocycles. The van der Waals surface area contributed by atoms with Crippen molar-refractivity contribution in [2.24, 2.45) is 0 Å². The van der Waals surface area contributed by atoms with Crippen LogP contribution in [0.4, 0.5) is 9.59 Å². The highest BCUT2D eigenvalue weighted by molar-refractivity contribution is 5.91. The van der Waals surface area contributed by atoms with Gasteiger partial charge in [0, 0.05) is 67.6 Å². The van der Waals surface area contributed by atoms with Gasteiger partial charge in [-0.3, -0.25) is 9.69 Å². The van der Waals surface area contributed by atoms with Crippen molar-refractivity contribution in [3.63, 3.8) is 0 Å². The predicted octanol–water partition coefficient (Wildman–Crippen LogP) is 7.34. The fourth-order valence-electron chi connectivity index (χ4n) is 7.55. The Labute approximate surface area is 364 Å². The number of carbonyl (C=O) groups excluding carboxylic acids is 4. The topological polar surface area (TPSA) is 183 Å². The smallest absolute Gasteiger partial charge is 0.407 e. The number of esters is 1. The van der Waals surface area contributed by atoms with Crippen LogP contribution in [-0.2, 0) is 44.1 Å². The van der Waals surface area contributed by atoms with Crippen LogP contribution >= 0.6 is 0 Å². The number of alkyl carbamates (subject to hydrolysis) is 1. The molecule has 1 aliphatic heterocycles. The number of nitrogens with zero attached hydrogens (tertiary/aromatic N) is 2. The van der Waals surface area contributed by atoms with Crippen molar-refractivity contribution in [3.8, 4) is 0 Å². The van der Waals surface area contributed by atoms with E-state index in [-0.39, 0.29) is 18.7 Å². The molecule has 6 N–H and O–H groups in total. The van der Waals surface area contributed by atoms with E-state index in [1.165, 1.54) is 5.56 Å². The average molecular weight is 847 g/mol. The summed E-state index contributed by atoms with van der Waals surface area (Å²) < 4.78 is 11.0. The Bertz CT molecular complexity index is 2220. The highest BCUT2D eigenvalue weighted by atomic mass is 16.6. The molecule has 14 heteroatoms. The maximum atomic E-state index is 14.1. The summed E-state index contributed by atoms with van der Waals surface area (Å²) in [4.78, 5) is 67.3. The monoisotopic (exact) mass is 846 g/mol. The lowest BCUT2D eigenvalue weighted by atomic mass is 9.88. The van der Waals surface area contributed by atoms with Crippen molar-refractivity contribution in [2.75, 3.05) is 19.6 Å². The van der Waals surface area contributed by atoms with Crippen LogP contribution in [0.1, 0.15) is 101 Å². The van der Waals surface area contributed by atoms with E-state index in [0.29, 0.717) is 43.7 Å². The van der Waals surface area contributed by atoms with Crippen molar-refractivity contribution in [2.45, 2.75) is 115 Å². The molecular weight excluding hydrogens is 785 g/mol. The number of rotatable bonds is 18. The Morgan fingerprint density at radius 2 is 1.53 bits per heavy atom. The number of H-pyrrole nitrogens is 2. The zero-order chi connectivity index (χ0) is 44.1.